The molecule has 0 heterocycles. The highest BCUT2D eigenvalue weighted by Crippen LogP contribution is 2.31. The molecule has 144 valence electrons. The third-order valence-corrected chi connectivity index (χ3v) is 3.97. The molecule has 7 heteroatoms. The molecule has 0 saturated heterocycles. The number of halogens is 3. The summed E-state index contributed by atoms with van der Waals surface area (Å²) >= 11 is 0. The lowest BCUT2D eigenvalue weighted by molar-refractivity contribution is -0.137. The normalized spacial score (nSPS) is 11.1. The van der Waals surface area contributed by atoms with E-state index < -0.39 is 23.6 Å². The molecule has 0 aromatic heterocycles. The van der Waals surface area contributed by atoms with Crippen molar-refractivity contribution < 1.29 is 22.8 Å². The molecule has 2 aromatic rings. The fourth-order valence-corrected chi connectivity index (χ4v) is 2.60. The Bertz CT molecular complexity index is 776. The molecule has 0 saturated carbocycles. The Labute approximate surface area is 156 Å². The number of anilines is 1. The Hall–Kier alpha value is -2.83. The van der Waals surface area contributed by atoms with E-state index in [-0.39, 0.29) is 12.2 Å². The van der Waals surface area contributed by atoms with E-state index >= 15 is 0 Å². The molecule has 0 spiro atoms. The molecule has 4 nitrogen and oxygen atoms in total. The van der Waals surface area contributed by atoms with Crippen molar-refractivity contribution in [2.45, 2.75) is 25.9 Å². The van der Waals surface area contributed by atoms with Crippen molar-refractivity contribution >= 4 is 17.5 Å². The number of alkyl halides is 3. The van der Waals surface area contributed by atoms with Crippen molar-refractivity contribution in [3.8, 4) is 0 Å². The maximum atomic E-state index is 12.9. The highest BCUT2D eigenvalue weighted by molar-refractivity contribution is 5.97. The Morgan fingerprint density at radius 1 is 1.04 bits per heavy atom. The molecule has 2 rings (SSSR count). The van der Waals surface area contributed by atoms with E-state index in [0.29, 0.717) is 6.54 Å². The van der Waals surface area contributed by atoms with E-state index in [4.69, 9.17) is 0 Å². The van der Waals surface area contributed by atoms with Gasteiger partial charge in [0.05, 0.1) is 5.56 Å². The fourth-order valence-electron chi connectivity index (χ4n) is 2.60. The second kappa shape index (κ2) is 9.21. The van der Waals surface area contributed by atoms with Gasteiger partial charge in [0.15, 0.2) is 0 Å². The molecule has 0 aliphatic heterocycles. The number of hydrogen-bond donors (Lipinski definition) is 1. The Balaban J connectivity index is 1.92. The van der Waals surface area contributed by atoms with Gasteiger partial charge in [0.2, 0.25) is 11.8 Å². The zero-order chi connectivity index (χ0) is 19.9. The molecule has 0 atom stereocenters. The number of amides is 2. The molecule has 2 amide bonds. The second-order valence-electron chi connectivity index (χ2n) is 6.09. The summed E-state index contributed by atoms with van der Waals surface area (Å²) in [7, 11) is 0. The Kier molecular flexibility index (Phi) is 6.98. The summed E-state index contributed by atoms with van der Waals surface area (Å²) in [6, 6.07) is 14.2. The maximum Gasteiger partial charge on any atom is 0.416 e. The van der Waals surface area contributed by atoms with Crippen LogP contribution in [0.2, 0.25) is 0 Å². The van der Waals surface area contributed by atoms with Crippen LogP contribution in [0.25, 0.3) is 0 Å². The van der Waals surface area contributed by atoms with Crippen molar-refractivity contribution in [2.24, 2.45) is 0 Å². The van der Waals surface area contributed by atoms with Crippen LogP contribution in [0.5, 0.6) is 0 Å². The minimum atomic E-state index is -4.52. The average Bonchev–Trinajstić information content (AvgIpc) is 2.63. The van der Waals surface area contributed by atoms with Crippen molar-refractivity contribution in [3.05, 3.63) is 65.7 Å². The molecular weight excluding hydrogens is 357 g/mol. The van der Waals surface area contributed by atoms with Crippen LogP contribution in [0.15, 0.2) is 54.6 Å². The summed E-state index contributed by atoms with van der Waals surface area (Å²) in [4.78, 5) is 24.9. The molecule has 0 unspecified atom stereocenters. The maximum absolute atomic E-state index is 12.9. The first-order chi connectivity index (χ1) is 12.8. The van der Waals surface area contributed by atoms with Gasteiger partial charge in [0.1, 0.15) is 6.54 Å². The minimum Gasteiger partial charge on any atom is -0.355 e. The van der Waals surface area contributed by atoms with Crippen LogP contribution in [-0.2, 0) is 22.2 Å². The van der Waals surface area contributed by atoms with Gasteiger partial charge in [0.25, 0.3) is 0 Å². The molecule has 1 N–H and O–H groups in total. The lowest BCUT2D eigenvalue weighted by atomic mass is 10.1. The number of carbonyl (C=O) groups excluding carboxylic acids is 2. The standard InChI is InChI=1S/C20H21F3N2O2/c1-15(26)25(18-11-5-10-17(13-18)20(21,22)23)14-19(27)24-12-6-9-16-7-3-2-4-8-16/h2-5,7-8,10-11,13H,6,9,12,14H2,1H3,(H,24,27). The van der Waals surface area contributed by atoms with Crippen LogP contribution in [0, 0.1) is 0 Å². The van der Waals surface area contributed by atoms with Crippen LogP contribution >= 0.6 is 0 Å². The van der Waals surface area contributed by atoms with Gasteiger partial charge in [-0.15, -0.1) is 0 Å². The molecule has 27 heavy (non-hydrogen) atoms. The lowest BCUT2D eigenvalue weighted by Crippen LogP contribution is -2.40. The number of nitrogens with zero attached hydrogens (tertiary/aromatic N) is 1. The predicted molar refractivity (Wildman–Crippen MR) is 97.2 cm³/mol. The molecule has 0 bridgehead atoms. The Morgan fingerprint density at radius 2 is 1.74 bits per heavy atom. The lowest BCUT2D eigenvalue weighted by Gasteiger charge is -2.21. The largest absolute Gasteiger partial charge is 0.416 e. The van der Waals surface area contributed by atoms with Gasteiger partial charge >= 0.3 is 6.18 Å². The monoisotopic (exact) mass is 378 g/mol. The summed E-state index contributed by atoms with van der Waals surface area (Å²) < 4.78 is 38.6. The molecule has 0 aliphatic rings. The quantitative estimate of drug-likeness (QED) is 0.745. The van der Waals surface area contributed by atoms with Gasteiger partial charge in [-0.1, -0.05) is 36.4 Å². The number of nitrogens with one attached hydrogen (secondary N) is 1. The SMILES string of the molecule is CC(=O)N(CC(=O)NCCCc1ccccc1)c1cccc(C(F)(F)F)c1. The Morgan fingerprint density at radius 3 is 2.37 bits per heavy atom. The third-order valence-electron chi connectivity index (χ3n) is 3.97. The first-order valence-electron chi connectivity index (χ1n) is 8.53. The van der Waals surface area contributed by atoms with Gasteiger partial charge in [-0.05, 0) is 36.6 Å². The third kappa shape index (κ3) is 6.44. The van der Waals surface area contributed by atoms with E-state index in [1.807, 2.05) is 30.3 Å². The van der Waals surface area contributed by atoms with Crippen LogP contribution in [0.1, 0.15) is 24.5 Å². The summed E-state index contributed by atoms with van der Waals surface area (Å²) in [5.41, 5.74) is 0.326. The predicted octanol–water partition coefficient (Wildman–Crippen LogP) is 3.81. The molecule has 0 radical (unpaired) electrons. The van der Waals surface area contributed by atoms with Gasteiger partial charge in [0, 0.05) is 19.2 Å². The van der Waals surface area contributed by atoms with Crippen LogP contribution in [0.3, 0.4) is 0 Å². The van der Waals surface area contributed by atoms with Gasteiger partial charge in [-0.25, -0.2) is 0 Å². The van der Waals surface area contributed by atoms with Crippen LogP contribution < -0.4 is 10.2 Å². The first kappa shape index (κ1) is 20.5. The van der Waals surface area contributed by atoms with E-state index in [2.05, 4.69) is 5.32 Å². The number of rotatable bonds is 7. The van der Waals surface area contributed by atoms with Crippen LogP contribution in [0.4, 0.5) is 18.9 Å². The fraction of sp³-hybridized carbons (Fsp3) is 0.300. The van der Waals surface area contributed by atoms with Crippen molar-refractivity contribution in [3.63, 3.8) is 0 Å². The first-order valence-corrected chi connectivity index (χ1v) is 8.53. The highest BCUT2D eigenvalue weighted by Gasteiger charge is 2.31. The number of carbonyl (C=O) groups is 2. The van der Waals surface area contributed by atoms with E-state index in [0.717, 1.165) is 35.4 Å². The highest BCUT2D eigenvalue weighted by atomic mass is 19.4. The van der Waals surface area contributed by atoms with Crippen molar-refractivity contribution in [2.75, 3.05) is 18.0 Å². The molecule has 0 fully saturated rings. The summed E-state index contributed by atoms with van der Waals surface area (Å²) in [5, 5.41) is 2.70. The van der Waals surface area contributed by atoms with Gasteiger partial charge in [-0.3, -0.25) is 9.59 Å². The molecule has 0 aliphatic carbocycles. The summed E-state index contributed by atoms with van der Waals surface area (Å²) in [6.07, 6.45) is -3.00. The van der Waals surface area contributed by atoms with Gasteiger partial charge < -0.3 is 10.2 Å². The molecule has 2 aromatic carbocycles. The zero-order valence-corrected chi connectivity index (χ0v) is 14.9. The van der Waals surface area contributed by atoms with E-state index in [9.17, 15) is 22.8 Å². The minimum absolute atomic E-state index is 0.0387. The van der Waals surface area contributed by atoms with E-state index in [1.165, 1.54) is 19.1 Å². The number of hydrogen-bond acceptors (Lipinski definition) is 2. The van der Waals surface area contributed by atoms with Gasteiger partial charge in [-0.2, -0.15) is 13.2 Å². The topological polar surface area (TPSA) is 49.4 Å². The average molecular weight is 378 g/mol. The van der Waals surface area contributed by atoms with Crippen molar-refractivity contribution in [1.29, 1.82) is 0 Å². The second-order valence-corrected chi connectivity index (χ2v) is 6.09. The van der Waals surface area contributed by atoms with E-state index in [1.54, 1.807) is 0 Å². The van der Waals surface area contributed by atoms with Crippen LogP contribution in [-0.4, -0.2) is 24.9 Å². The van der Waals surface area contributed by atoms with Crippen molar-refractivity contribution in [1.82, 2.24) is 5.32 Å². The number of benzene rings is 2. The smallest absolute Gasteiger partial charge is 0.355 e. The number of aryl methyl sites for hydroxylation is 1. The zero-order valence-electron chi connectivity index (χ0n) is 14.9. The molecular formula is C20H21F3N2O2. The summed E-state index contributed by atoms with van der Waals surface area (Å²) in [5.74, 6) is -0.926. The summed E-state index contributed by atoms with van der Waals surface area (Å²) in [6.45, 7) is 1.30.